The van der Waals surface area contributed by atoms with Crippen LogP contribution in [-0.2, 0) is 16.8 Å². The lowest BCUT2D eigenvalue weighted by molar-refractivity contribution is 0.0250. The minimum atomic E-state index is -0.436. The molecule has 2 aromatic rings. The van der Waals surface area contributed by atoms with Crippen LogP contribution in [0.5, 0.6) is 0 Å². The summed E-state index contributed by atoms with van der Waals surface area (Å²) in [6.07, 6.45) is 4.75. The number of amides is 1. The molecule has 1 aliphatic heterocycles. The summed E-state index contributed by atoms with van der Waals surface area (Å²) in [4.78, 5) is 16.7. The molecule has 9 heteroatoms. The number of carbonyl (C=O) groups is 1. The number of hydrogen-bond acceptors (Lipinski definition) is 7. The van der Waals surface area contributed by atoms with Crippen LogP contribution in [-0.4, -0.2) is 76.8 Å². The fourth-order valence-electron chi connectivity index (χ4n) is 3.39. The lowest BCUT2D eigenvalue weighted by atomic mass is 9.86. The minimum Gasteiger partial charge on any atom is -0.472 e. The maximum atomic E-state index is 12.8. The van der Waals surface area contributed by atoms with Crippen LogP contribution in [0.25, 0.3) is 0 Å². The second-order valence-corrected chi connectivity index (χ2v) is 6.49. The molecule has 1 amide bonds. The molecule has 1 fully saturated rings. The maximum Gasteiger partial charge on any atom is 0.257 e. The lowest BCUT2D eigenvalue weighted by Gasteiger charge is -2.45. The van der Waals surface area contributed by atoms with Crippen molar-refractivity contribution >= 4 is 5.91 Å². The smallest absolute Gasteiger partial charge is 0.257 e. The maximum absolute atomic E-state index is 12.8. The molecule has 0 N–H and O–H groups in total. The van der Waals surface area contributed by atoms with Crippen LogP contribution in [0.2, 0.25) is 0 Å². The lowest BCUT2D eigenvalue weighted by Crippen LogP contribution is -2.56. The Morgan fingerprint density at radius 2 is 2.32 bits per heavy atom. The van der Waals surface area contributed by atoms with E-state index in [2.05, 4.69) is 20.4 Å². The first-order valence-electron chi connectivity index (χ1n) is 8.33. The summed E-state index contributed by atoms with van der Waals surface area (Å²) in [5.74, 6) is 0.731. The molecule has 1 saturated heterocycles. The van der Waals surface area contributed by atoms with E-state index in [9.17, 15) is 4.79 Å². The van der Waals surface area contributed by atoms with Crippen molar-refractivity contribution in [1.29, 1.82) is 0 Å². The molecule has 1 atom stereocenters. The molecule has 2 aromatic heterocycles. The van der Waals surface area contributed by atoms with Crippen molar-refractivity contribution in [2.45, 2.75) is 24.9 Å². The zero-order valence-electron chi connectivity index (χ0n) is 14.9. The molecule has 136 valence electrons. The first kappa shape index (κ1) is 17.6. The van der Waals surface area contributed by atoms with E-state index in [0.717, 1.165) is 18.7 Å². The van der Waals surface area contributed by atoms with E-state index >= 15 is 0 Å². The third kappa shape index (κ3) is 3.29. The number of aromatic nitrogens is 4. The van der Waals surface area contributed by atoms with Crippen molar-refractivity contribution in [3.63, 3.8) is 0 Å². The molecule has 3 heterocycles. The number of carbonyl (C=O) groups excluding carboxylic acids is 1. The zero-order chi connectivity index (χ0) is 17.9. The van der Waals surface area contributed by atoms with Crippen LogP contribution < -0.4 is 0 Å². The van der Waals surface area contributed by atoms with E-state index in [-0.39, 0.29) is 5.91 Å². The highest BCUT2D eigenvalue weighted by Crippen LogP contribution is 2.35. The van der Waals surface area contributed by atoms with Crippen molar-refractivity contribution in [3.8, 4) is 0 Å². The van der Waals surface area contributed by atoms with Gasteiger partial charge in [-0.1, -0.05) is 0 Å². The van der Waals surface area contributed by atoms with E-state index < -0.39 is 5.54 Å². The van der Waals surface area contributed by atoms with Gasteiger partial charge < -0.3 is 14.1 Å². The van der Waals surface area contributed by atoms with Gasteiger partial charge in [-0.25, -0.2) is 4.68 Å². The molecular weight excluding hydrogens is 324 g/mol. The van der Waals surface area contributed by atoms with Gasteiger partial charge in [0.25, 0.3) is 5.91 Å². The molecule has 0 radical (unpaired) electrons. The number of furan rings is 1. The van der Waals surface area contributed by atoms with Crippen LogP contribution in [0.1, 0.15) is 29.0 Å². The summed E-state index contributed by atoms with van der Waals surface area (Å²) in [5, 5.41) is 12.3. The van der Waals surface area contributed by atoms with Crippen LogP contribution in [0.4, 0.5) is 0 Å². The number of tetrazole rings is 1. The summed E-state index contributed by atoms with van der Waals surface area (Å²) in [5.41, 5.74) is 0.128. The Morgan fingerprint density at radius 3 is 3.00 bits per heavy atom. The van der Waals surface area contributed by atoms with E-state index in [1.165, 1.54) is 12.5 Å². The molecule has 1 aliphatic rings. The topological polar surface area (TPSA) is 89.5 Å². The molecule has 0 aromatic carbocycles. The van der Waals surface area contributed by atoms with Crippen LogP contribution in [0.15, 0.2) is 23.0 Å². The highest BCUT2D eigenvalue weighted by Gasteiger charge is 2.44. The monoisotopic (exact) mass is 348 g/mol. The Balaban J connectivity index is 1.90. The molecule has 0 spiro atoms. The van der Waals surface area contributed by atoms with Gasteiger partial charge in [0.2, 0.25) is 0 Å². The Bertz CT molecular complexity index is 699. The Hall–Kier alpha value is -2.26. The quantitative estimate of drug-likeness (QED) is 0.755. The Kier molecular flexibility index (Phi) is 5.14. The summed E-state index contributed by atoms with van der Waals surface area (Å²) in [6, 6.07) is 1.69. The highest BCUT2D eigenvalue weighted by atomic mass is 16.5. The first-order valence-corrected chi connectivity index (χ1v) is 8.33. The van der Waals surface area contributed by atoms with Gasteiger partial charge >= 0.3 is 0 Å². The zero-order valence-corrected chi connectivity index (χ0v) is 14.9. The highest BCUT2D eigenvalue weighted by molar-refractivity contribution is 5.93. The van der Waals surface area contributed by atoms with Crippen molar-refractivity contribution < 1.29 is 13.9 Å². The molecule has 0 saturated carbocycles. The number of ether oxygens (including phenoxy) is 1. The summed E-state index contributed by atoms with van der Waals surface area (Å²) in [7, 11) is 5.65. The third-order valence-electron chi connectivity index (χ3n) is 4.84. The van der Waals surface area contributed by atoms with E-state index in [1.807, 2.05) is 19.0 Å². The molecular formula is C16H24N6O3. The second kappa shape index (κ2) is 7.32. The van der Waals surface area contributed by atoms with E-state index in [0.29, 0.717) is 31.8 Å². The first-order chi connectivity index (χ1) is 12.1. The fourth-order valence-corrected chi connectivity index (χ4v) is 3.39. The number of piperidine rings is 1. The van der Waals surface area contributed by atoms with Gasteiger partial charge in [0.05, 0.1) is 25.0 Å². The molecule has 0 aliphatic carbocycles. The predicted molar refractivity (Wildman–Crippen MR) is 88.9 cm³/mol. The number of hydrogen-bond donors (Lipinski definition) is 0. The van der Waals surface area contributed by atoms with Gasteiger partial charge in [0.15, 0.2) is 5.82 Å². The Morgan fingerprint density at radius 1 is 1.48 bits per heavy atom. The number of likely N-dealkylation sites (N-methyl/N-ethyl adjacent to an activating group) is 1. The number of likely N-dealkylation sites (tertiary alicyclic amines) is 1. The normalized spacial score (nSPS) is 21.0. The molecule has 9 nitrogen and oxygen atoms in total. The van der Waals surface area contributed by atoms with Gasteiger partial charge in [0, 0.05) is 20.2 Å². The predicted octanol–water partition coefficient (Wildman–Crippen LogP) is 0.606. The molecule has 1 unspecified atom stereocenters. The average molecular weight is 348 g/mol. The number of rotatable bonds is 6. The average Bonchev–Trinajstić information content (AvgIpc) is 3.31. The summed E-state index contributed by atoms with van der Waals surface area (Å²) < 4.78 is 12.0. The van der Waals surface area contributed by atoms with E-state index in [4.69, 9.17) is 9.15 Å². The minimum absolute atomic E-state index is 0.0319. The van der Waals surface area contributed by atoms with Gasteiger partial charge in [0.1, 0.15) is 11.8 Å². The van der Waals surface area contributed by atoms with Gasteiger partial charge in [-0.2, -0.15) is 0 Å². The molecule has 25 heavy (non-hydrogen) atoms. The summed E-state index contributed by atoms with van der Waals surface area (Å²) in [6.45, 7) is 2.33. The largest absolute Gasteiger partial charge is 0.472 e. The summed E-state index contributed by atoms with van der Waals surface area (Å²) >= 11 is 0. The molecule has 0 bridgehead atoms. The van der Waals surface area contributed by atoms with Crippen molar-refractivity contribution in [3.05, 3.63) is 30.0 Å². The SMILES string of the molecule is COCCn1nnnc1C1(N(C)C)CCCN(C(=O)c2ccoc2)C1. The van der Waals surface area contributed by atoms with Gasteiger partial charge in [-0.05, 0) is 43.4 Å². The van der Waals surface area contributed by atoms with Crippen molar-refractivity contribution in [2.75, 3.05) is 40.9 Å². The standard InChI is InChI=1S/C16H24N6O3/c1-20(2)16(15-17-18-19-22(15)8-10-24-3)6-4-7-21(12-16)14(23)13-5-9-25-11-13/h5,9,11H,4,6-8,10,12H2,1-3H3. The van der Waals surface area contributed by atoms with Crippen LogP contribution >= 0.6 is 0 Å². The van der Waals surface area contributed by atoms with Gasteiger partial charge in [-0.3, -0.25) is 9.69 Å². The van der Waals surface area contributed by atoms with Crippen LogP contribution in [0, 0.1) is 0 Å². The van der Waals surface area contributed by atoms with Crippen molar-refractivity contribution in [2.24, 2.45) is 0 Å². The van der Waals surface area contributed by atoms with E-state index in [1.54, 1.807) is 17.9 Å². The Labute approximate surface area is 146 Å². The molecule has 3 rings (SSSR count). The van der Waals surface area contributed by atoms with Crippen LogP contribution in [0.3, 0.4) is 0 Å². The second-order valence-electron chi connectivity index (χ2n) is 6.49. The number of nitrogens with zero attached hydrogens (tertiary/aromatic N) is 6. The van der Waals surface area contributed by atoms with Gasteiger partial charge in [-0.15, -0.1) is 5.10 Å². The third-order valence-corrected chi connectivity index (χ3v) is 4.84. The fraction of sp³-hybridized carbons (Fsp3) is 0.625. The number of methoxy groups -OCH3 is 1. The van der Waals surface area contributed by atoms with Crippen molar-refractivity contribution in [1.82, 2.24) is 30.0 Å².